The molecule has 8 nitrogen and oxygen atoms in total. The number of ether oxygens (including phenoxy) is 1. The summed E-state index contributed by atoms with van der Waals surface area (Å²) in [5, 5.41) is 2.65. The number of Topliss-reactive ketones (excluding diaryl/α,β-unsaturated/α-hetero) is 1. The number of likely N-dealkylation sites (N-methyl/N-ethyl adjacent to an activating group) is 1. The molecule has 3 rings (SSSR count). The third kappa shape index (κ3) is 4.76. The van der Waals surface area contributed by atoms with E-state index in [1.54, 1.807) is 38.4 Å². The quantitative estimate of drug-likeness (QED) is 0.784. The van der Waals surface area contributed by atoms with Gasteiger partial charge in [0.05, 0.1) is 0 Å². The molecule has 1 aliphatic carbocycles. The highest BCUT2D eigenvalue weighted by Crippen LogP contribution is 2.33. The zero-order valence-electron chi connectivity index (χ0n) is 17.5. The summed E-state index contributed by atoms with van der Waals surface area (Å²) in [6.07, 6.45) is 0.938. The molecule has 0 atom stereocenters. The second-order valence-electron chi connectivity index (χ2n) is 8.40. The molecule has 1 heterocycles. The number of carbonyl (C=O) groups excluding carboxylic acids is 3. The van der Waals surface area contributed by atoms with Crippen LogP contribution in [0.15, 0.2) is 35.1 Å². The molecule has 1 aromatic heterocycles. The molecule has 2 aromatic rings. The lowest BCUT2D eigenvalue weighted by Gasteiger charge is -2.29. The van der Waals surface area contributed by atoms with Crippen molar-refractivity contribution in [3.05, 3.63) is 57.5 Å². The molecule has 8 heteroatoms. The van der Waals surface area contributed by atoms with E-state index in [-0.39, 0.29) is 29.3 Å². The van der Waals surface area contributed by atoms with Crippen LogP contribution in [0.4, 0.5) is 5.69 Å². The Morgan fingerprint density at radius 3 is 2.43 bits per heavy atom. The molecular formula is C22H25N3O5. The Bertz CT molecular complexity index is 1050. The molecule has 158 valence electrons. The number of aromatic amines is 1. The fraction of sp³-hybridized carbons (Fsp3) is 0.364. The van der Waals surface area contributed by atoms with Gasteiger partial charge in [-0.3, -0.25) is 19.2 Å². The van der Waals surface area contributed by atoms with Crippen LogP contribution in [0, 0.1) is 5.41 Å². The van der Waals surface area contributed by atoms with Crippen LogP contribution in [0.1, 0.15) is 46.7 Å². The van der Waals surface area contributed by atoms with Gasteiger partial charge in [-0.15, -0.1) is 0 Å². The van der Waals surface area contributed by atoms with Crippen LogP contribution in [-0.4, -0.2) is 48.2 Å². The Balaban J connectivity index is 1.72. The second kappa shape index (κ2) is 8.14. The van der Waals surface area contributed by atoms with E-state index in [2.05, 4.69) is 10.3 Å². The topological polar surface area (TPSA) is 109 Å². The van der Waals surface area contributed by atoms with Gasteiger partial charge in [0.25, 0.3) is 17.4 Å². The summed E-state index contributed by atoms with van der Waals surface area (Å²) >= 11 is 0. The van der Waals surface area contributed by atoms with Crippen molar-refractivity contribution in [1.29, 1.82) is 0 Å². The van der Waals surface area contributed by atoms with E-state index in [1.165, 1.54) is 11.0 Å². The molecule has 0 bridgehead atoms. The molecule has 0 spiro atoms. The summed E-state index contributed by atoms with van der Waals surface area (Å²) in [4.78, 5) is 53.2. The number of pyridine rings is 1. The molecule has 1 aromatic carbocycles. The van der Waals surface area contributed by atoms with E-state index in [0.717, 1.165) is 0 Å². The summed E-state index contributed by atoms with van der Waals surface area (Å²) in [5.74, 6) is -0.381. The Labute approximate surface area is 174 Å². The van der Waals surface area contributed by atoms with Gasteiger partial charge in [0.2, 0.25) is 0 Å². The fourth-order valence-electron chi connectivity index (χ4n) is 3.30. The minimum absolute atomic E-state index is 0.0830. The van der Waals surface area contributed by atoms with E-state index in [4.69, 9.17) is 4.74 Å². The van der Waals surface area contributed by atoms with Crippen molar-refractivity contribution in [3.63, 3.8) is 0 Å². The number of nitrogens with zero attached hydrogens (tertiary/aromatic N) is 1. The Kier molecular flexibility index (Phi) is 5.78. The molecule has 0 unspecified atom stereocenters. The maximum Gasteiger partial charge on any atom is 0.261 e. The van der Waals surface area contributed by atoms with Gasteiger partial charge in [-0.2, -0.15) is 0 Å². The van der Waals surface area contributed by atoms with Gasteiger partial charge in [-0.25, -0.2) is 0 Å². The zero-order chi connectivity index (χ0) is 22.1. The average molecular weight is 411 g/mol. The summed E-state index contributed by atoms with van der Waals surface area (Å²) in [6.45, 7) is 3.85. The number of H-pyrrole nitrogens is 1. The van der Waals surface area contributed by atoms with Gasteiger partial charge >= 0.3 is 0 Å². The first kappa shape index (κ1) is 21.3. The van der Waals surface area contributed by atoms with Crippen molar-refractivity contribution in [1.82, 2.24) is 9.88 Å². The van der Waals surface area contributed by atoms with Crippen molar-refractivity contribution >= 4 is 23.3 Å². The molecule has 0 aliphatic heterocycles. The van der Waals surface area contributed by atoms with Crippen LogP contribution in [0.25, 0.3) is 0 Å². The van der Waals surface area contributed by atoms with Gasteiger partial charge in [0, 0.05) is 37.5 Å². The fourth-order valence-corrected chi connectivity index (χ4v) is 3.30. The van der Waals surface area contributed by atoms with Crippen molar-refractivity contribution in [2.45, 2.75) is 26.7 Å². The lowest BCUT2D eigenvalue weighted by atomic mass is 9.75. The highest BCUT2D eigenvalue weighted by atomic mass is 16.5. The predicted molar refractivity (Wildman–Crippen MR) is 112 cm³/mol. The number of amides is 2. The van der Waals surface area contributed by atoms with E-state index in [9.17, 15) is 19.2 Å². The van der Waals surface area contributed by atoms with E-state index in [1.807, 2.05) is 13.8 Å². The molecule has 0 radical (unpaired) electrons. The lowest BCUT2D eigenvalue weighted by Crippen LogP contribution is -2.32. The largest absolute Gasteiger partial charge is 0.484 e. The number of anilines is 1. The van der Waals surface area contributed by atoms with E-state index >= 15 is 0 Å². The van der Waals surface area contributed by atoms with Gasteiger partial charge < -0.3 is 19.9 Å². The molecule has 0 saturated carbocycles. The molecule has 2 amide bonds. The van der Waals surface area contributed by atoms with E-state index < -0.39 is 11.5 Å². The van der Waals surface area contributed by atoms with Gasteiger partial charge in [-0.1, -0.05) is 13.8 Å². The highest BCUT2D eigenvalue weighted by Gasteiger charge is 2.32. The van der Waals surface area contributed by atoms with Crippen molar-refractivity contribution in [2.75, 3.05) is 26.0 Å². The first-order chi connectivity index (χ1) is 14.1. The van der Waals surface area contributed by atoms with Crippen LogP contribution in [0.2, 0.25) is 0 Å². The number of carbonyl (C=O) groups is 3. The molecule has 1 aliphatic rings. The Hall–Kier alpha value is -3.42. The molecule has 30 heavy (non-hydrogen) atoms. The Morgan fingerprint density at radius 1 is 1.13 bits per heavy atom. The van der Waals surface area contributed by atoms with Gasteiger partial charge in [0.1, 0.15) is 11.3 Å². The minimum atomic E-state index is -0.604. The van der Waals surface area contributed by atoms with Gasteiger partial charge in [-0.05, 0) is 42.2 Å². The lowest BCUT2D eigenvalue weighted by molar-refractivity contribution is -0.130. The zero-order valence-corrected chi connectivity index (χ0v) is 17.5. The van der Waals surface area contributed by atoms with Crippen molar-refractivity contribution < 1.29 is 19.1 Å². The second-order valence-corrected chi connectivity index (χ2v) is 8.40. The van der Waals surface area contributed by atoms with Crippen molar-refractivity contribution in [3.8, 4) is 5.75 Å². The predicted octanol–water partition coefficient (Wildman–Crippen LogP) is 2.25. The first-order valence-electron chi connectivity index (χ1n) is 9.59. The minimum Gasteiger partial charge on any atom is -0.484 e. The number of hydrogen-bond donors (Lipinski definition) is 2. The molecule has 2 N–H and O–H groups in total. The summed E-state index contributed by atoms with van der Waals surface area (Å²) < 4.78 is 5.39. The maximum atomic E-state index is 12.6. The number of rotatable bonds is 5. The van der Waals surface area contributed by atoms with Crippen LogP contribution in [0.3, 0.4) is 0 Å². The maximum absolute atomic E-state index is 12.6. The van der Waals surface area contributed by atoms with Crippen LogP contribution in [-0.2, 0) is 11.2 Å². The first-order valence-corrected chi connectivity index (χ1v) is 9.59. The highest BCUT2D eigenvalue weighted by molar-refractivity contribution is 6.06. The molecule has 0 saturated heterocycles. The van der Waals surface area contributed by atoms with Crippen LogP contribution in [0.5, 0.6) is 5.75 Å². The van der Waals surface area contributed by atoms with Crippen molar-refractivity contribution in [2.24, 2.45) is 5.41 Å². The average Bonchev–Trinajstić information content (AvgIpc) is 2.65. The van der Waals surface area contributed by atoms with Crippen LogP contribution < -0.4 is 15.6 Å². The number of fused-ring (bicyclic) bond motifs is 1. The number of benzene rings is 1. The molecule has 0 fully saturated rings. The standard InChI is InChI=1S/C22H25N3O5/c1-22(2)10-17-15(18(26)11-22)9-16(21(29)24-17)20(28)23-13-5-7-14(8-6-13)30-12-19(27)25(3)4/h5-9H,10-12H2,1-4H3,(H,23,28)(H,24,29). The number of nitrogens with one attached hydrogen (secondary N) is 2. The summed E-state index contributed by atoms with van der Waals surface area (Å²) in [6, 6.07) is 7.81. The smallest absolute Gasteiger partial charge is 0.261 e. The number of ketones is 1. The molecular weight excluding hydrogens is 386 g/mol. The third-order valence-corrected chi connectivity index (χ3v) is 4.94. The SMILES string of the molecule is CN(C)C(=O)COc1ccc(NC(=O)c2cc3c([nH]c2=O)CC(C)(C)CC3=O)cc1. The van der Waals surface area contributed by atoms with E-state index in [0.29, 0.717) is 35.5 Å². The third-order valence-electron chi connectivity index (χ3n) is 4.94. The van der Waals surface area contributed by atoms with Gasteiger partial charge in [0.15, 0.2) is 12.4 Å². The number of aromatic nitrogens is 1. The normalized spacial score (nSPS) is 14.6. The summed E-state index contributed by atoms with van der Waals surface area (Å²) in [7, 11) is 3.28. The Morgan fingerprint density at radius 2 is 1.80 bits per heavy atom. The van der Waals surface area contributed by atoms with Crippen LogP contribution >= 0.6 is 0 Å². The summed E-state index contributed by atoms with van der Waals surface area (Å²) in [5.41, 5.74) is 0.561. The number of hydrogen-bond acceptors (Lipinski definition) is 5. The monoisotopic (exact) mass is 411 g/mol.